The SMILES string of the molecule is Clc1cccc(C2(CC3CSc4ccccc43)CNC2)c1. The molecule has 1 fully saturated rings. The van der Waals surface area contributed by atoms with E-state index >= 15 is 0 Å². The zero-order chi connectivity index (χ0) is 14.3. The second-order valence-electron chi connectivity index (χ2n) is 6.14. The first kappa shape index (κ1) is 13.7. The minimum atomic E-state index is 0.258. The van der Waals surface area contributed by atoms with Gasteiger partial charge in [0, 0.05) is 34.2 Å². The van der Waals surface area contributed by atoms with Gasteiger partial charge in [0.2, 0.25) is 0 Å². The van der Waals surface area contributed by atoms with Crippen molar-refractivity contribution in [1.29, 1.82) is 0 Å². The van der Waals surface area contributed by atoms with Gasteiger partial charge in [-0.05, 0) is 41.7 Å². The average molecular weight is 316 g/mol. The number of rotatable bonds is 3. The predicted octanol–water partition coefficient (Wildman–Crippen LogP) is 4.46. The number of hydrogen-bond acceptors (Lipinski definition) is 2. The van der Waals surface area contributed by atoms with Crippen LogP contribution in [0, 0.1) is 0 Å². The quantitative estimate of drug-likeness (QED) is 0.897. The average Bonchev–Trinajstić information content (AvgIpc) is 2.86. The Morgan fingerprint density at radius 1 is 1.14 bits per heavy atom. The molecule has 0 saturated carbocycles. The summed E-state index contributed by atoms with van der Waals surface area (Å²) in [5, 5.41) is 4.32. The highest BCUT2D eigenvalue weighted by Crippen LogP contribution is 2.47. The molecule has 4 rings (SSSR count). The summed E-state index contributed by atoms with van der Waals surface area (Å²) in [5.41, 5.74) is 3.19. The van der Waals surface area contributed by atoms with E-state index in [0.29, 0.717) is 5.92 Å². The van der Waals surface area contributed by atoms with Crippen LogP contribution in [0.4, 0.5) is 0 Å². The molecule has 1 unspecified atom stereocenters. The Hall–Kier alpha value is -0.960. The van der Waals surface area contributed by atoms with E-state index in [-0.39, 0.29) is 5.41 Å². The van der Waals surface area contributed by atoms with Gasteiger partial charge in [-0.2, -0.15) is 0 Å². The summed E-state index contributed by atoms with van der Waals surface area (Å²) in [7, 11) is 0. The van der Waals surface area contributed by atoms with E-state index < -0.39 is 0 Å². The van der Waals surface area contributed by atoms with Crippen LogP contribution in [-0.4, -0.2) is 18.8 Å². The van der Waals surface area contributed by atoms with Crippen molar-refractivity contribution in [2.75, 3.05) is 18.8 Å². The molecule has 1 atom stereocenters. The van der Waals surface area contributed by atoms with Gasteiger partial charge in [-0.3, -0.25) is 0 Å². The van der Waals surface area contributed by atoms with Gasteiger partial charge in [0.1, 0.15) is 0 Å². The number of halogens is 1. The summed E-state index contributed by atoms with van der Waals surface area (Å²) in [6, 6.07) is 17.3. The Morgan fingerprint density at radius 3 is 2.76 bits per heavy atom. The summed E-state index contributed by atoms with van der Waals surface area (Å²) in [6.45, 7) is 2.13. The maximum Gasteiger partial charge on any atom is 0.0408 e. The third-order valence-corrected chi connectivity index (χ3v) is 6.29. The van der Waals surface area contributed by atoms with Crippen molar-refractivity contribution in [3.05, 3.63) is 64.7 Å². The number of benzene rings is 2. The lowest BCUT2D eigenvalue weighted by Gasteiger charge is -2.45. The van der Waals surface area contributed by atoms with Gasteiger partial charge in [-0.25, -0.2) is 0 Å². The molecule has 0 spiro atoms. The molecule has 0 radical (unpaired) electrons. The van der Waals surface area contributed by atoms with E-state index in [1.807, 2.05) is 17.8 Å². The van der Waals surface area contributed by atoms with E-state index in [1.54, 1.807) is 0 Å². The molecular formula is C18H18ClNS. The Kier molecular flexibility index (Phi) is 3.49. The fraction of sp³-hybridized carbons (Fsp3) is 0.333. The molecule has 2 aromatic rings. The molecule has 3 heteroatoms. The van der Waals surface area contributed by atoms with E-state index in [4.69, 9.17) is 11.6 Å². The number of thioether (sulfide) groups is 1. The highest BCUT2D eigenvalue weighted by molar-refractivity contribution is 7.99. The topological polar surface area (TPSA) is 12.0 Å². The Bertz CT molecular complexity index is 666. The molecule has 1 N–H and O–H groups in total. The normalized spacial score (nSPS) is 22.6. The Labute approximate surface area is 135 Å². The maximum atomic E-state index is 6.21. The van der Waals surface area contributed by atoms with Crippen LogP contribution in [0.25, 0.3) is 0 Å². The second-order valence-corrected chi connectivity index (χ2v) is 7.64. The molecule has 1 nitrogen and oxygen atoms in total. The highest BCUT2D eigenvalue weighted by atomic mass is 35.5. The zero-order valence-corrected chi connectivity index (χ0v) is 13.4. The lowest BCUT2D eigenvalue weighted by Crippen LogP contribution is -2.57. The van der Waals surface area contributed by atoms with Gasteiger partial charge in [-0.1, -0.05) is 41.9 Å². The molecule has 2 heterocycles. The molecule has 2 aliphatic heterocycles. The fourth-order valence-electron chi connectivity index (χ4n) is 3.58. The van der Waals surface area contributed by atoms with E-state index in [0.717, 1.165) is 18.1 Å². The summed E-state index contributed by atoms with van der Waals surface area (Å²) >= 11 is 8.21. The highest BCUT2D eigenvalue weighted by Gasteiger charge is 2.42. The van der Waals surface area contributed by atoms with Crippen molar-refractivity contribution in [3.63, 3.8) is 0 Å². The van der Waals surface area contributed by atoms with Gasteiger partial charge < -0.3 is 5.32 Å². The first-order valence-corrected chi connectivity index (χ1v) is 8.82. The standard InChI is InChI=1S/C18H18ClNS/c19-15-5-3-4-14(8-15)18(11-20-12-18)9-13-10-21-17-7-2-1-6-16(13)17/h1-8,13,20H,9-12H2. The molecule has 1 saturated heterocycles. The molecule has 21 heavy (non-hydrogen) atoms. The van der Waals surface area contributed by atoms with Gasteiger partial charge >= 0.3 is 0 Å². The minimum Gasteiger partial charge on any atom is -0.315 e. The summed E-state index contributed by atoms with van der Waals surface area (Å²) in [4.78, 5) is 1.47. The fourth-order valence-corrected chi connectivity index (χ4v) is 5.03. The van der Waals surface area contributed by atoms with Gasteiger partial charge in [-0.15, -0.1) is 11.8 Å². The van der Waals surface area contributed by atoms with Crippen LogP contribution in [0.3, 0.4) is 0 Å². The molecule has 2 aromatic carbocycles. The van der Waals surface area contributed by atoms with Crippen molar-refractivity contribution in [2.45, 2.75) is 22.6 Å². The molecular weight excluding hydrogens is 298 g/mol. The van der Waals surface area contributed by atoms with Gasteiger partial charge in [0.15, 0.2) is 0 Å². The maximum absolute atomic E-state index is 6.21. The van der Waals surface area contributed by atoms with Crippen LogP contribution in [0.5, 0.6) is 0 Å². The minimum absolute atomic E-state index is 0.258. The van der Waals surface area contributed by atoms with E-state index in [9.17, 15) is 0 Å². The van der Waals surface area contributed by atoms with Gasteiger partial charge in [0.05, 0.1) is 0 Å². The zero-order valence-electron chi connectivity index (χ0n) is 11.8. The van der Waals surface area contributed by atoms with Gasteiger partial charge in [0.25, 0.3) is 0 Å². The molecule has 0 aromatic heterocycles. The number of hydrogen-bond donors (Lipinski definition) is 1. The van der Waals surface area contributed by atoms with Crippen molar-refractivity contribution in [1.82, 2.24) is 5.32 Å². The van der Waals surface area contributed by atoms with Crippen molar-refractivity contribution in [3.8, 4) is 0 Å². The van der Waals surface area contributed by atoms with Crippen molar-refractivity contribution in [2.24, 2.45) is 0 Å². The number of nitrogens with one attached hydrogen (secondary N) is 1. The first-order valence-electron chi connectivity index (χ1n) is 7.45. The largest absolute Gasteiger partial charge is 0.315 e. The summed E-state index contributed by atoms with van der Waals surface area (Å²) < 4.78 is 0. The van der Waals surface area contributed by atoms with E-state index in [2.05, 4.69) is 47.8 Å². The van der Waals surface area contributed by atoms with Crippen molar-refractivity contribution < 1.29 is 0 Å². The Balaban J connectivity index is 1.64. The van der Waals surface area contributed by atoms with Crippen LogP contribution in [-0.2, 0) is 5.41 Å². The van der Waals surface area contributed by atoms with Crippen LogP contribution < -0.4 is 5.32 Å². The molecule has 0 bridgehead atoms. The Morgan fingerprint density at radius 2 is 2.00 bits per heavy atom. The summed E-state index contributed by atoms with van der Waals surface area (Å²) in [6.07, 6.45) is 1.21. The monoisotopic (exact) mass is 315 g/mol. The van der Waals surface area contributed by atoms with Crippen LogP contribution in [0.1, 0.15) is 23.5 Å². The third-order valence-electron chi connectivity index (χ3n) is 4.80. The molecule has 0 aliphatic carbocycles. The lowest BCUT2D eigenvalue weighted by molar-refractivity contribution is 0.245. The molecule has 0 amide bonds. The van der Waals surface area contributed by atoms with Crippen molar-refractivity contribution >= 4 is 23.4 Å². The van der Waals surface area contributed by atoms with E-state index in [1.165, 1.54) is 28.2 Å². The summed E-state index contributed by atoms with van der Waals surface area (Å²) in [5.74, 6) is 1.87. The number of fused-ring (bicyclic) bond motifs is 1. The van der Waals surface area contributed by atoms with Crippen LogP contribution in [0.2, 0.25) is 5.02 Å². The first-order chi connectivity index (χ1) is 10.3. The molecule has 2 aliphatic rings. The molecule has 108 valence electrons. The third kappa shape index (κ3) is 2.40. The van der Waals surface area contributed by atoms with Crippen LogP contribution in [0.15, 0.2) is 53.4 Å². The predicted molar refractivity (Wildman–Crippen MR) is 90.5 cm³/mol. The lowest BCUT2D eigenvalue weighted by atomic mass is 9.69. The smallest absolute Gasteiger partial charge is 0.0408 e. The van der Waals surface area contributed by atoms with Crippen LogP contribution >= 0.6 is 23.4 Å². The second kappa shape index (κ2) is 5.35.